The number of piperidine rings is 2. The summed E-state index contributed by atoms with van der Waals surface area (Å²) in [6, 6.07) is 3.16. The normalized spacial score (nSPS) is 23.6. The van der Waals surface area contributed by atoms with Crippen LogP contribution in [0.1, 0.15) is 49.2 Å². The van der Waals surface area contributed by atoms with Crippen LogP contribution in [0.25, 0.3) is 0 Å². The van der Waals surface area contributed by atoms with Crippen molar-refractivity contribution in [1.29, 1.82) is 0 Å². The van der Waals surface area contributed by atoms with E-state index in [-0.39, 0.29) is 11.8 Å². The number of thiophene rings is 1. The Labute approximate surface area is 160 Å². The number of nitrogens with one attached hydrogen (secondary N) is 1. The number of carbonyl (C=O) groups excluding carboxylic acids is 2. The smallest absolute Gasteiger partial charge is 0.261 e. The van der Waals surface area contributed by atoms with Crippen LogP contribution in [0.4, 0.5) is 0 Å². The minimum Gasteiger partial charge on any atom is -0.341 e. The highest BCUT2D eigenvalue weighted by atomic mass is 32.1. The zero-order valence-corrected chi connectivity index (χ0v) is 16.8. The van der Waals surface area contributed by atoms with Crippen molar-refractivity contribution in [3.8, 4) is 0 Å². The first-order valence-electron chi connectivity index (χ1n) is 9.88. The fourth-order valence-corrected chi connectivity index (χ4v) is 4.66. The van der Waals surface area contributed by atoms with Crippen molar-refractivity contribution >= 4 is 23.2 Å². The molecule has 0 saturated carbocycles. The Kier molecular flexibility index (Phi) is 6.70. The highest BCUT2D eigenvalue weighted by Gasteiger charge is 2.29. The van der Waals surface area contributed by atoms with E-state index in [1.165, 1.54) is 43.7 Å². The van der Waals surface area contributed by atoms with Gasteiger partial charge in [0, 0.05) is 19.6 Å². The summed E-state index contributed by atoms with van der Waals surface area (Å²) in [5, 5.41) is 4.72. The fourth-order valence-electron chi connectivity index (χ4n) is 4.04. The van der Waals surface area contributed by atoms with E-state index < -0.39 is 6.04 Å². The van der Waals surface area contributed by atoms with Crippen LogP contribution in [0.2, 0.25) is 0 Å². The van der Waals surface area contributed by atoms with Gasteiger partial charge in [-0.2, -0.15) is 0 Å². The van der Waals surface area contributed by atoms with Crippen molar-refractivity contribution in [2.45, 2.75) is 45.6 Å². The predicted octanol–water partition coefficient (Wildman–Crippen LogP) is 2.84. The SMILES string of the molecule is CC1CCN(C[C@@H]2CCCN(C(=O)[C@H](C)NC(=O)c3cccs3)C2)CC1. The third-order valence-corrected chi connectivity index (χ3v) is 6.55. The van der Waals surface area contributed by atoms with Crippen molar-refractivity contribution in [3.63, 3.8) is 0 Å². The summed E-state index contributed by atoms with van der Waals surface area (Å²) >= 11 is 1.40. The molecule has 5 nitrogen and oxygen atoms in total. The Morgan fingerprint density at radius 1 is 1.27 bits per heavy atom. The van der Waals surface area contributed by atoms with Crippen LogP contribution in [0.5, 0.6) is 0 Å². The van der Waals surface area contributed by atoms with Crippen LogP contribution in [0.3, 0.4) is 0 Å². The number of likely N-dealkylation sites (tertiary alicyclic amines) is 2. The van der Waals surface area contributed by atoms with Gasteiger partial charge in [0.25, 0.3) is 5.91 Å². The molecule has 0 bridgehead atoms. The van der Waals surface area contributed by atoms with Gasteiger partial charge in [-0.1, -0.05) is 13.0 Å². The van der Waals surface area contributed by atoms with Gasteiger partial charge < -0.3 is 15.1 Å². The zero-order valence-electron chi connectivity index (χ0n) is 15.9. The molecule has 1 aromatic rings. The molecule has 1 N–H and O–H groups in total. The van der Waals surface area contributed by atoms with Crippen molar-refractivity contribution < 1.29 is 9.59 Å². The molecule has 2 fully saturated rings. The first kappa shape index (κ1) is 19.4. The zero-order chi connectivity index (χ0) is 18.5. The maximum absolute atomic E-state index is 12.8. The van der Waals surface area contributed by atoms with Gasteiger partial charge >= 0.3 is 0 Å². The molecule has 2 atom stereocenters. The van der Waals surface area contributed by atoms with Crippen molar-refractivity contribution in [3.05, 3.63) is 22.4 Å². The molecular weight excluding hydrogens is 346 g/mol. The second-order valence-electron chi connectivity index (χ2n) is 7.95. The van der Waals surface area contributed by atoms with Crippen LogP contribution in [0, 0.1) is 11.8 Å². The van der Waals surface area contributed by atoms with Crippen LogP contribution in [-0.2, 0) is 4.79 Å². The first-order valence-corrected chi connectivity index (χ1v) is 10.8. The molecular formula is C20H31N3O2S. The van der Waals surface area contributed by atoms with Gasteiger partial charge in [-0.15, -0.1) is 11.3 Å². The summed E-state index contributed by atoms with van der Waals surface area (Å²) in [6.45, 7) is 9.26. The Morgan fingerprint density at radius 2 is 2.04 bits per heavy atom. The number of hydrogen-bond donors (Lipinski definition) is 1. The topological polar surface area (TPSA) is 52.6 Å². The Hall–Kier alpha value is -1.40. The maximum Gasteiger partial charge on any atom is 0.261 e. The maximum atomic E-state index is 12.8. The van der Waals surface area contributed by atoms with Crippen LogP contribution < -0.4 is 5.32 Å². The van der Waals surface area contributed by atoms with Gasteiger partial charge in [0.1, 0.15) is 6.04 Å². The second kappa shape index (κ2) is 9.00. The Morgan fingerprint density at radius 3 is 2.73 bits per heavy atom. The van der Waals surface area contributed by atoms with Crippen molar-refractivity contribution in [2.24, 2.45) is 11.8 Å². The van der Waals surface area contributed by atoms with Gasteiger partial charge in [-0.25, -0.2) is 0 Å². The van der Waals surface area contributed by atoms with Crippen LogP contribution >= 0.6 is 11.3 Å². The molecule has 0 aromatic carbocycles. The summed E-state index contributed by atoms with van der Waals surface area (Å²) in [5.74, 6) is 1.30. The lowest BCUT2D eigenvalue weighted by Crippen LogP contribution is -2.51. The van der Waals surface area contributed by atoms with Gasteiger partial charge in [0.15, 0.2) is 0 Å². The Balaban J connectivity index is 1.48. The summed E-state index contributed by atoms with van der Waals surface area (Å²) in [7, 11) is 0. The highest BCUT2D eigenvalue weighted by Crippen LogP contribution is 2.22. The van der Waals surface area contributed by atoms with E-state index in [0.717, 1.165) is 32.0 Å². The molecule has 0 radical (unpaired) electrons. The molecule has 1 aromatic heterocycles. The van der Waals surface area contributed by atoms with Crippen LogP contribution in [-0.4, -0.2) is 60.4 Å². The number of nitrogens with zero attached hydrogens (tertiary/aromatic N) is 2. The van der Waals surface area contributed by atoms with Crippen molar-refractivity contribution in [2.75, 3.05) is 32.7 Å². The third kappa shape index (κ3) is 5.07. The van der Waals surface area contributed by atoms with Crippen LogP contribution in [0.15, 0.2) is 17.5 Å². The summed E-state index contributed by atoms with van der Waals surface area (Å²) in [6.07, 6.45) is 4.85. The lowest BCUT2D eigenvalue weighted by molar-refractivity contribution is -0.134. The van der Waals surface area contributed by atoms with E-state index in [9.17, 15) is 9.59 Å². The summed E-state index contributed by atoms with van der Waals surface area (Å²) in [4.78, 5) is 30.1. The molecule has 6 heteroatoms. The lowest BCUT2D eigenvalue weighted by Gasteiger charge is -2.38. The standard InChI is InChI=1S/C20H31N3O2S/c1-15-7-10-22(11-8-15)13-17-5-3-9-23(14-17)20(25)16(2)21-19(24)18-6-4-12-26-18/h4,6,12,15-17H,3,5,7-11,13-14H2,1-2H3,(H,21,24)/t16-,17-/m0/s1. The van der Waals surface area contributed by atoms with Gasteiger partial charge in [-0.05, 0) is 69.0 Å². The molecule has 2 saturated heterocycles. The molecule has 26 heavy (non-hydrogen) atoms. The third-order valence-electron chi connectivity index (χ3n) is 5.69. The van der Waals surface area contributed by atoms with E-state index in [0.29, 0.717) is 10.8 Å². The quantitative estimate of drug-likeness (QED) is 0.858. The molecule has 0 spiro atoms. The van der Waals surface area contributed by atoms with E-state index in [4.69, 9.17) is 0 Å². The first-order chi connectivity index (χ1) is 12.5. The predicted molar refractivity (Wildman–Crippen MR) is 105 cm³/mol. The molecule has 3 heterocycles. The van der Waals surface area contributed by atoms with E-state index in [1.807, 2.05) is 16.3 Å². The minimum atomic E-state index is -0.473. The summed E-state index contributed by atoms with van der Waals surface area (Å²) < 4.78 is 0. The monoisotopic (exact) mass is 377 g/mol. The molecule has 2 aliphatic rings. The number of rotatable bonds is 5. The van der Waals surface area contributed by atoms with E-state index in [2.05, 4.69) is 17.1 Å². The van der Waals surface area contributed by atoms with Crippen molar-refractivity contribution in [1.82, 2.24) is 15.1 Å². The second-order valence-corrected chi connectivity index (χ2v) is 8.90. The highest BCUT2D eigenvalue weighted by molar-refractivity contribution is 7.12. The minimum absolute atomic E-state index is 0.0480. The average Bonchev–Trinajstić information content (AvgIpc) is 3.18. The molecule has 0 unspecified atom stereocenters. The molecule has 2 aliphatic heterocycles. The van der Waals surface area contributed by atoms with Gasteiger partial charge in [-0.3, -0.25) is 9.59 Å². The number of carbonyl (C=O) groups is 2. The summed E-state index contributed by atoms with van der Waals surface area (Å²) in [5.41, 5.74) is 0. The molecule has 0 aliphatic carbocycles. The average molecular weight is 378 g/mol. The van der Waals surface area contributed by atoms with Gasteiger partial charge in [0.2, 0.25) is 5.91 Å². The largest absolute Gasteiger partial charge is 0.341 e. The van der Waals surface area contributed by atoms with Gasteiger partial charge in [0.05, 0.1) is 4.88 Å². The fraction of sp³-hybridized carbons (Fsp3) is 0.700. The number of hydrogen-bond acceptors (Lipinski definition) is 4. The number of amides is 2. The molecule has 3 rings (SSSR count). The molecule has 2 amide bonds. The molecule has 144 valence electrons. The Bertz CT molecular complexity index is 596. The lowest BCUT2D eigenvalue weighted by atomic mass is 9.94. The van der Waals surface area contributed by atoms with E-state index >= 15 is 0 Å². The van der Waals surface area contributed by atoms with E-state index in [1.54, 1.807) is 13.0 Å².